The van der Waals surface area contributed by atoms with Gasteiger partial charge in [0.25, 0.3) is 5.91 Å². The number of hydrogen-bond donors (Lipinski definition) is 1. The molecule has 0 aliphatic heterocycles. The summed E-state index contributed by atoms with van der Waals surface area (Å²) in [5.74, 6) is 0.452. The molecule has 2 atom stereocenters. The Labute approximate surface area is 174 Å². The number of ether oxygens (including phenoxy) is 3. The van der Waals surface area contributed by atoms with Gasteiger partial charge in [0.05, 0.1) is 19.3 Å². The third-order valence-electron chi connectivity index (χ3n) is 4.18. The van der Waals surface area contributed by atoms with E-state index in [1.165, 1.54) is 0 Å². The van der Waals surface area contributed by atoms with E-state index in [4.69, 9.17) is 14.2 Å². The molecule has 0 heterocycles. The molecule has 0 bridgehead atoms. The van der Waals surface area contributed by atoms with Crippen molar-refractivity contribution in [3.05, 3.63) is 59.7 Å². The standard InChI is InChI=1S/C22H26F3NO4/c1-4-28-18-12-11-17(13-19(18)29-5-2)15(3)26-21(27)20(30-14-22(23,24)25)16-9-7-6-8-10-16/h6-13,15,20H,4-5,14H2,1-3H3,(H,26,27)/t15-,20-/m1/s1. The maximum absolute atomic E-state index is 12.8. The minimum Gasteiger partial charge on any atom is -0.490 e. The van der Waals surface area contributed by atoms with Crippen LogP contribution in [0, 0.1) is 0 Å². The lowest BCUT2D eigenvalue weighted by Crippen LogP contribution is -2.34. The molecule has 8 heteroatoms. The van der Waals surface area contributed by atoms with E-state index in [1.807, 2.05) is 13.8 Å². The fourth-order valence-electron chi connectivity index (χ4n) is 2.84. The first kappa shape index (κ1) is 23.5. The van der Waals surface area contributed by atoms with Crippen LogP contribution >= 0.6 is 0 Å². The Bertz CT molecular complexity index is 812. The molecule has 2 aromatic rings. The van der Waals surface area contributed by atoms with E-state index in [9.17, 15) is 18.0 Å². The van der Waals surface area contributed by atoms with Crippen molar-refractivity contribution < 1.29 is 32.2 Å². The van der Waals surface area contributed by atoms with Crippen LogP contribution in [0.15, 0.2) is 48.5 Å². The van der Waals surface area contributed by atoms with Crippen molar-refractivity contribution in [3.63, 3.8) is 0 Å². The maximum atomic E-state index is 12.8. The fraction of sp³-hybridized carbons (Fsp3) is 0.409. The van der Waals surface area contributed by atoms with Crippen LogP contribution in [0.3, 0.4) is 0 Å². The zero-order chi connectivity index (χ0) is 22.1. The predicted octanol–water partition coefficient (Wildman–Crippen LogP) is 4.98. The van der Waals surface area contributed by atoms with Gasteiger partial charge in [-0.05, 0) is 44.0 Å². The summed E-state index contributed by atoms with van der Waals surface area (Å²) in [7, 11) is 0. The molecule has 1 amide bonds. The maximum Gasteiger partial charge on any atom is 0.411 e. The molecule has 0 aliphatic carbocycles. The first-order chi connectivity index (χ1) is 14.2. The second kappa shape index (κ2) is 10.9. The molecule has 0 aliphatic rings. The highest BCUT2D eigenvalue weighted by Gasteiger charge is 2.32. The summed E-state index contributed by atoms with van der Waals surface area (Å²) in [5.41, 5.74) is 1.06. The number of alkyl halides is 3. The van der Waals surface area contributed by atoms with Crippen LogP contribution in [0.5, 0.6) is 11.5 Å². The Morgan fingerprint density at radius 1 is 0.967 bits per heavy atom. The molecular weight excluding hydrogens is 399 g/mol. The fourth-order valence-corrected chi connectivity index (χ4v) is 2.84. The number of carbonyl (C=O) groups excluding carboxylic acids is 1. The molecule has 0 fully saturated rings. The quantitative estimate of drug-likeness (QED) is 0.583. The Hall–Kier alpha value is -2.74. The van der Waals surface area contributed by atoms with E-state index in [2.05, 4.69) is 5.32 Å². The van der Waals surface area contributed by atoms with E-state index in [0.717, 1.165) is 5.56 Å². The van der Waals surface area contributed by atoms with Crippen LogP contribution < -0.4 is 14.8 Å². The second-order valence-corrected chi connectivity index (χ2v) is 6.52. The topological polar surface area (TPSA) is 56.8 Å². The van der Waals surface area contributed by atoms with Crippen molar-refractivity contribution in [1.29, 1.82) is 0 Å². The van der Waals surface area contributed by atoms with Crippen LogP contribution in [0.1, 0.15) is 44.0 Å². The lowest BCUT2D eigenvalue weighted by Gasteiger charge is -2.22. The third kappa shape index (κ3) is 6.95. The Morgan fingerprint density at radius 2 is 1.60 bits per heavy atom. The Kier molecular flexibility index (Phi) is 8.53. The van der Waals surface area contributed by atoms with Gasteiger partial charge in [0.15, 0.2) is 17.6 Å². The number of benzene rings is 2. The molecule has 30 heavy (non-hydrogen) atoms. The summed E-state index contributed by atoms with van der Waals surface area (Å²) in [6, 6.07) is 12.8. The smallest absolute Gasteiger partial charge is 0.411 e. The lowest BCUT2D eigenvalue weighted by molar-refractivity contribution is -0.188. The number of hydrogen-bond acceptors (Lipinski definition) is 4. The number of carbonyl (C=O) groups is 1. The molecule has 5 nitrogen and oxygen atoms in total. The molecule has 0 unspecified atom stereocenters. The van der Waals surface area contributed by atoms with Crippen LogP contribution in [-0.4, -0.2) is 31.9 Å². The van der Waals surface area contributed by atoms with Crippen molar-refractivity contribution in [2.45, 2.75) is 39.1 Å². The van der Waals surface area contributed by atoms with E-state index >= 15 is 0 Å². The molecule has 1 N–H and O–H groups in total. The van der Waals surface area contributed by atoms with Crippen LogP contribution in [0.4, 0.5) is 13.2 Å². The van der Waals surface area contributed by atoms with E-state index < -0.39 is 30.8 Å². The highest BCUT2D eigenvalue weighted by molar-refractivity contribution is 5.82. The molecule has 2 rings (SSSR count). The average Bonchev–Trinajstić information content (AvgIpc) is 2.69. The van der Waals surface area contributed by atoms with Gasteiger partial charge < -0.3 is 19.5 Å². The minimum atomic E-state index is -4.54. The van der Waals surface area contributed by atoms with E-state index in [-0.39, 0.29) is 0 Å². The first-order valence-electron chi connectivity index (χ1n) is 9.68. The minimum absolute atomic E-state index is 0.341. The lowest BCUT2D eigenvalue weighted by atomic mass is 10.1. The van der Waals surface area contributed by atoms with Gasteiger partial charge in [0.1, 0.15) is 6.61 Å². The molecule has 164 valence electrons. The van der Waals surface area contributed by atoms with Gasteiger partial charge in [-0.25, -0.2) is 0 Å². The molecular formula is C22H26F3NO4. The largest absolute Gasteiger partial charge is 0.490 e. The van der Waals surface area contributed by atoms with Crippen molar-refractivity contribution >= 4 is 5.91 Å². The Morgan fingerprint density at radius 3 is 2.20 bits per heavy atom. The van der Waals surface area contributed by atoms with Gasteiger partial charge in [-0.1, -0.05) is 36.4 Å². The Balaban J connectivity index is 2.18. The highest BCUT2D eigenvalue weighted by atomic mass is 19.4. The van der Waals surface area contributed by atoms with Gasteiger partial charge in [-0.3, -0.25) is 4.79 Å². The van der Waals surface area contributed by atoms with Gasteiger partial charge in [-0.2, -0.15) is 13.2 Å². The summed E-state index contributed by atoms with van der Waals surface area (Å²) in [4.78, 5) is 12.8. The molecule has 0 spiro atoms. The van der Waals surface area contributed by atoms with Crippen LogP contribution in [-0.2, 0) is 9.53 Å². The van der Waals surface area contributed by atoms with E-state index in [0.29, 0.717) is 30.3 Å². The van der Waals surface area contributed by atoms with Crippen LogP contribution in [0.25, 0.3) is 0 Å². The summed E-state index contributed by atoms with van der Waals surface area (Å²) >= 11 is 0. The van der Waals surface area contributed by atoms with Gasteiger partial charge in [-0.15, -0.1) is 0 Å². The van der Waals surface area contributed by atoms with Gasteiger partial charge in [0.2, 0.25) is 0 Å². The monoisotopic (exact) mass is 425 g/mol. The zero-order valence-electron chi connectivity index (χ0n) is 17.2. The second-order valence-electron chi connectivity index (χ2n) is 6.52. The molecule has 0 aromatic heterocycles. The van der Waals surface area contributed by atoms with Crippen LogP contribution in [0.2, 0.25) is 0 Å². The third-order valence-corrected chi connectivity index (χ3v) is 4.18. The van der Waals surface area contributed by atoms with Gasteiger partial charge in [0, 0.05) is 0 Å². The predicted molar refractivity (Wildman–Crippen MR) is 107 cm³/mol. The SMILES string of the molecule is CCOc1ccc([C@@H](C)NC(=O)[C@H](OCC(F)(F)F)c2ccccc2)cc1OCC. The normalized spacial score (nSPS) is 13.4. The number of amides is 1. The number of halogens is 3. The van der Waals surface area contributed by atoms with E-state index in [1.54, 1.807) is 55.5 Å². The van der Waals surface area contributed by atoms with Crippen molar-refractivity contribution in [1.82, 2.24) is 5.32 Å². The molecule has 0 saturated carbocycles. The first-order valence-corrected chi connectivity index (χ1v) is 9.68. The summed E-state index contributed by atoms with van der Waals surface area (Å²) < 4.78 is 54.0. The molecule has 2 aromatic carbocycles. The number of rotatable bonds is 10. The summed E-state index contributed by atoms with van der Waals surface area (Å²) in [6.45, 7) is 4.82. The summed E-state index contributed by atoms with van der Waals surface area (Å²) in [5, 5.41) is 2.72. The molecule has 0 radical (unpaired) electrons. The van der Waals surface area contributed by atoms with Crippen molar-refractivity contribution in [3.8, 4) is 11.5 Å². The summed E-state index contributed by atoms with van der Waals surface area (Å²) in [6.07, 6.45) is -5.93. The zero-order valence-corrected chi connectivity index (χ0v) is 17.2. The highest BCUT2D eigenvalue weighted by Crippen LogP contribution is 2.31. The van der Waals surface area contributed by atoms with Crippen molar-refractivity contribution in [2.75, 3.05) is 19.8 Å². The molecule has 0 saturated heterocycles. The number of nitrogens with one attached hydrogen (secondary N) is 1. The van der Waals surface area contributed by atoms with Gasteiger partial charge >= 0.3 is 6.18 Å². The van der Waals surface area contributed by atoms with Crippen molar-refractivity contribution in [2.24, 2.45) is 0 Å². The average molecular weight is 425 g/mol.